The number of nitrogens with one attached hydrogen (secondary N) is 1. The molecule has 0 saturated heterocycles. The SMILES string of the molecule is Cc1[nH]ncc1CN(C)Cc1cc(-c2cnccn2)ccc1OCC(=O)O. The minimum Gasteiger partial charge on any atom is -0.482 e. The summed E-state index contributed by atoms with van der Waals surface area (Å²) >= 11 is 0. The van der Waals surface area contributed by atoms with Gasteiger partial charge in [0.1, 0.15) is 5.75 Å². The van der Waals surface area contributed by atoms with Crippen molar-refractivity contribution in [3.8, 4) is 17.0 Å². The van der Waals surface area contributed by atoms with Crippen molar-refractivity contribution in [2.45, 2.75) is 20.0 Å². The molecule has 0 amide bonds. The minimum atomic E-state index is -1.01. The van der Waals surface area contributed by atoms with Crippen LogP contribution in [0.4, 0.5) is 0 Å². The molecule has 0 aliphatic heterocycles. The lowest BCUT2D eigenvalue weighted by atomic mass is 10.1. The number of carboxylic acids is 1. The van der Waals surface area contributed by atoms with Crippen LogP contribution >= 0.6 is 0 Å². The molecule has 0 aliphatic carbocycles. The van der Waals surface area contributed by atoms with E-state index in [1.165, 1.54) is 0 Å². The third-order valence-electron chi connectivity index (χ3n) is 4.09. The van der Waals surface area contributed by atoms with Crippen LogP contribution in [0.15, 0.2) is 43.0 Å². The quantitative estimate of drug-likeness (QED) is 0.629. The van der Waals surface area contributed by atoms with Crippen LogP contribution in [0.3, 0.4) is 0 Å². The van der Waals surface area contributed by atoms with Crippen molar-refractivity contribution in [1.82, 2.24) is 25.1 Å². The van der Waals surface area contributed by atoms with Gasteiger partial charge in [-0.1, -0.05) is 0 Å². The first-order valence-electron chi connectivity index (χ1n) is 8.44. The molecule has 2 heterocycles. The van der Waals surface area contributed by atoms with Crippen molar-refractivity contribution in [2.24, 2.45) is 0 Å². The molecule has 0 saturated carbocycles. The normalized spacial score (nSPS) is 10.9. The highest BCUT2D eigenvalue weighted by Crippen LogP contribution is 2.27. The number of carboxylic acid groups (broad SMARTS) is 1. The standard InChI is InChI=1S/C19H21N5O3/c1-13-16(8-22-23-13)11-24(2)10-15-7-14(17-9-20-5-6-21-17)3-4-18(15)27-12-19(25)26/h3-9H,10-12H2,1-2H3,(H,22,23)(H,25,26). The second-order valence-corrected chi connectivity index (χ2v) is 6.29. The highest BCUT2D eigenvalue weighted by Gasteiger charge is 2.13. The topological polar surface area (TPSA) is 104 Å². The molecule has 2 N–H and O–H groups in total. The van der Waals surface area contributed by atoms with Gasteiger partial charge in [-0.15, -0.1) is 0 Å². The summed E-state index contributed by atoms with van der Waals surface area (Å²) in [5.74, 6) is -0.470. The zero-order chi connectivity index (χ0) is 19.2. The van der Waals surface area contributed by atoms with Crippen LogP contribution in [0.2, 0.25) is 0 Å². The Morgan fingerprint density at radius 3 is 2.70 bits per heavy atom. The zero-order valence-corrected chi connectivity index (χ0v) is 15.2. The summed E-state index contributed by atoms with van der Waals surface area (Å²) in [5.41, 5.74) is 4.65. The van der Waals surface area contributed by atoms with Gasteiger partial charge in [-0.3, -0.25) is 20.0 Å². The zero-order valence-electron chi connectivity index (χ0n) is 15.2. The Labute approximate surface area is 156 Å². The number of rotatable bonds is 8. The van der Waals surface area contributed by atoms with Gasteiger partial charge in [0.2, 0.25) is 0 Å². The second kappa shape index (κ2) is 8.41. The van der Waals surface area contributed by atoms with E-state index in [4.69, 9.17) is 9.84 Å². The molecule has 0 atom stereocenters. The van der Waals surface area contributed by atoms with Crippen LogP contribution in [0.5, 0.6) is 5.75 Å². The van der Waals surface area contributed by atoms with Gasteiger partial charge >= 0.3 is 5.97 Å². The van der Waals surface area contributed by atoms with Crippen LogP contribution in [-0.2, 0) is 17.9 Å². The monoisotopic (exact) mass is 367 g/mol. The van der Waals surface area contributed by atoms with Crippen molar-refractivity contribution in [3.05, 3.63) is 59.8 Å². The largest absolute Gasteiger partial charge is 0.482 e. The Hall–Kier alpha value is -3.26. The van der Waals surface area contributed by atoms with Gasteiger partial charge in [0.15, 0.2) is 6.61 Å². The van der Waals surface area contributed by atoms with Crippen molar-refractivity contribution >= 4 is 5.97 Å². The highest BCUT2D eigenvalue weighted by atomic mass is 16.5. The van der Waals surface area contributed by atoms with E-state index in [0.717, 1.165) is 28.1 Å². The van der Waals surface area contributed by atoms with Crippen LogP contribution in [0.1, 0.15) is 16.8 Å². The van der Waals surface area contributed by atoms with Crippen molar-refractivity contribution in [1.29, 1.82) is 0 Å². The van der Waals surface area contributed by atoms with E-state index in [0.29, 0.717) is 18.8 Å². The molecule has 0 spiro atoms. The number of hydrogen-bond donors (Lipinski definition) is 2. The number of aliphatic carboxylic acids is 1. The number of aryl methyl sites for hydroxylation is 1. The molecule has 3 aromatic rings. The number of aromatic amines is 1. The number of benzene rings is 1. The Balaban J connectivity index is 1.84. The Morgan fingerprint density at radius 2 is 2.04 bits per heavy atom. The number of hydrogen-bond acceptors (Lipinski definition) is 6. The summed E-state index contributed by atoms with van der Waals surface area (Å²) in [7, 11) is 1.99. The molecule has 2 aromatic heterocycles. The van der Waals surface area contributed by atoms with E-state index >= 15 is 0 Å². The maximum atomic E-state index is 10.9. The molecule has 0 bridgehead atoms. The number of nitrogens with zero attached hydrogens (tertiary/aromatic N) is 4. The molecular formula is C19H21N5O3. The van der Waals surface area contributed by atoms with Crippen LogP contribution < -0.4 is 4.74 Å². The van der Waals surface area contributed by atoms with Crippen LogP contribution in [0.25, 0.3) is 11.3 Å². The lowest BCUT2D eigenvalue weighted by Gasteiger charge is -2.19. The highest BCUT2D eigenvalue weighted by molar-refractivity contribution is 5.69. The van der Waals surface area contributed by atoms with E-state index in [-0.39, 0.29) is 6.61 Å². The fraction of sp³-hybridized carbons (Fsp3) is 0.263. The Kier molecular flexibility index (Phi) is 5.77. The van der Waals surface area contributed by atoms with Gasteiger partial charge in [-0.2, -0.15) is 5.10 Å². The van der Waals surface area contributed by atoms with E-state index in [9.17, 15) is 4.79 Å². The van der Waals surface area contributed by atoms with Crippen molar-refractivity contribution in [3.63, 3.8) is 0 Å². The van der Waals surface area contributed by atoms with Gasteiger partial charge in [0.25, 0.3) is 0 Å². The van der Waals surface area contributed by atoms with E-state index in [2.05, 4.69) is 25.1 Å². The van der Waals surface area contributed by atoms with Crippen molar-refractivity contribution in [2.75, 3.05) is 13.7 Å². The van der Waals surface area contributed by atoms with E-state index in [1.807, 2.05) is 32.3 Å². The molecule has 8 heteroatoms. The van der Waals surface area contributed by atoms with Gasteiger partial charge in [0.05, 0.1) is 18.1 Å². The molecule has 0 radical (unpaired) electrons. The van der Waals surface area contributed by atoms with E-state index < -0.39 is 5.97 Å². The maximum Gasteiger partial charge on any atom is 0.341 e. The predicted octanol–water partition coefficient (Wildman–Crippen LogP) is 2.27. The van der Waals surface area contributed by atoms with Gasteiger partial charge in [-0.05, 0) is 32.2 Å². The molecule has 0 aliphatic rings. The van der Waals surface area contributed by atoms with E-state index in [1.54, 1.807) is 24.7 Å². The maximum absolute atomic E-state index is 10.9. The molecule has 140 valence electrons. The first kappa shape index (κ1) is 18.5. The van der Waals surface area contributed by atoms with Crippen LogP contribution in [0, 0.1) is 6.92 Å². The molecular weight excluding hydrogens is 346 g/mol. The van der Waals surface area contributed by atoms with Gasteiger partial charge < -0.3 is 9.84 Å². The summed E-state index contributed by atoms with van der Waals surface area (Å²) in [6, 6.07) is 5.59. The average Bonchev–Trinajstić information content (AvgIpc) is 3.05. The second-order valence-electron chi connectivity index (χ2n) is 6.29. The Bertz CT molecular complexity index is 911. The minimum absolute atomic E-state index is 0.387. The van der Waals surface area contributed by atoms with Crippen molar-refractivity contribution < 1.29 is 14.6 Å². The lowest BCUT2D eigenvalue weighted by molar-refractivity contribution is -0.139. The number of carbonyl (C=O) groups is 1. The molecule has 0 fully saturated rings. The first-order chi connectivity index (χ1) is 13.0. The fourth-order valence-corrected chi connectivity index (χ4v) is 2.76. The molecule has 0 unspecified atom stereocenters. The first-order valence-corrected chi connectivity index (χ1v) is 8.44. The smallest absolute Gasteiger partial charge is 0.341 e. The third kappa shape index (κ3) is 4.89. The number of ether oxygens (including phenoxy) is 1. The molecule has 1 aromatic carbocycles. The van der Waals surface area contributed by atoms with Crippen LogP contribution in [-0.4, -0.2) is 49.8 Å². The fourth-order valence-electron chi connectivity index (χ4n) is 2.76. The summed E-state index contributed by atoms with van der Waals surface area (Å²) in [4.78, 5) is 21.4. The average molecular weight is 367 g/mol. The lowest BCUT2D eigenvalue weighted by Crippen LogP contribution is -2.19. The predicted molar refractivity (Wildman–Crippen MR) is 99.1 cm³/mol. The summed E-state index contributed by atoms with van der Waals surface area (Å²) in [6.45, 7) is 2.87. The summed E-state index contributed by atoms with van der Waals surface area (Å²) < 4.78 is 5.47. The Morgan fingerprint density at radius 1 is 1.22 bits per heavy atom. The molecule has 27 heavy (non-hydrogen) atoms. The number of aromatic nitrogens is 4. The molecule has 8 nitrogen and oxygen atoms in total. The summed E-state index contributed by atoms with van der Waals surface area (Å²) in [5, 5.41) is 15.9. The van der Waals surface area contributed by atoms with Gasteiger partial charge in [0, 0.05) is 47.9 Å². The summed E-state index contributed by atoms with van der Waals surface area (Å²) in [6.07, 6.45) is 6.76. The van der Waals surface area contributed by atoms with Gasteiger partial charge in [-0.25, -0.2) is 4.79 Å². The number of H-pyrrole nitrogens is 1. The molecule has 3 rings (SSSR count). The third-order valence-corrected chi connectivity index (χ3v) is 4.09.